The van der Waals surface area contributed by atoms with Crippen molar-refractivity contribution in [1.82, 2.24) is 9.88 Å². The number of para-hydroxylation sites is 1. The van der Waals surface area contributed by atoms with Crippen LogP contribution in [0.5, 0.6) is 5.88 Å². The molecule has 7 heteroatoms. The quantitative estimate of drug-likeness (QED) is 0.634. The summed E-state index contributed by atoms with van der Waals surface area (Å²) >= 11 is 0. The first-order chi connectivity index (χ1) is 13.5. The molecule has 0 radical (unpaired) electrons. The zero-order chi connectivity index (χ0) is 20.1. The lowest BCUT2D eigenvalue weighted by atomic mass is 10.2. The van der Waals surface area contributed by atoms with Crippen LogP contribution in [0.2, 0.25) is 0 Å². The summed E-state index contributed by atoms with van der Waals surface area (Å²) in [6, 6.07) is 16.0. The van der Waals surface area contributed by atoms with Gasteiger partial charge < -0.3 is 15.0 Å². The van der Waals surface area contributed by atoms with Gasteiger partial charge in [0.05, 0.1) is 5.52 Å². The van der Waals surface area contributed by atoms with Crippen LogP contribution in [-0.2, 0) is 11.3 Å². The van der Waals surface area contributed by atoms with Crippen LogP contribution in [0, 0.1) is 5.92 Å². The smallest absolute Gasteiger partial charge is 0.283 e. The molecule has 3 aromatic rings. The summed E-state index contributed by atoms with van der Waals surface area (Å²) in [4.78, 5) is 24.0. The summed E-state index contributed by atoms with van der Waals surface area (Å²) in [6.45, 7) is 4.44. The van der Waals surface area contributed by atoms with Gasteiger partial charge in [0, 0.05) is 17.5 Å². The second-order valence-corrected chi connectivity index (χ2v) is 6.84. The summed E-state index contributed by atoms with van der Waals surface area (Å²) in [5.41, 5.74) is 1.54. The van der Waals surface area contributed by atoms with E-state index in [9.17, 15) is 14.7 Å². The molecule has 0 unspecified atom stereocenters. The molecule has 0 aliphatic heterocycles. The molecule has 1 heterocycles. The summed E-state index contributed by atoms with van der Waals surface area (Å²) in [5.74, 6) is -0.675. The van der Waals surface area contributed by atoms with E-state index < -0.39 is 5.91 Å². The van der Waals surface area contributed by atoms with E-state index in [1.165, 1.54) is 0 Å². The third kappa shape index (κ3) is 4.25. The minimum absolute atomic E-state index is 0.0280. The van der Waals surface area contributed by atoms with Gasteiger partial charge in [-0.3, -0.25) is 9.59 Å². The van der Waals surface area contributed by atoms with Gasteiger partial charge >= 0.3 is 0 Å². The molecule has 2 amide bonds. The van der Waals surface area contributed by atoms with E-state index in [-0.39, 0.29) is 24.0 Å². The van der Waals surface area contributed by atoms with Crippen LogP contribution in [0.3, 0.4) is 0 Å². The Balaban J connectivity index is 1.75. The zero-order valence-corrected chi connectivity index (χ0v) is 15.8. The third-order valence-corrected chi connectivity index (χ3v) is 4.16. The Kier molecular flexibility index (Phi) is 5.84. The van der Waals surface area contributed by atoms with Crippen molar-refractivity contribution >= 4 is 28.4 Å². The standard InChI is InChI=1S/C21H22N4O3/c1-14(2)13-25-17-11-7-6-10-16(17)19(21(25)28)24-23-18(26)12-22-20(27)15-8-4-3-5-9-15/h3-11,14,28H,12-13H2,1-2H3,(H,22,27). The highest BCUT2D eigenvalue weighted by molar-refractivity contribution is 5.97. The maximum Gasteiger partial charge on any atom is 0.283 e. The van der Waals surface area contributed by atoms with Crippen molar-refractivity contribution in [2.75, 3.05) is 6.54 Å². The van der Waals surface area contributed by atoms with Crippen molar-refractivity contribution in [2.24, 2.45) is 16.1 Å². The first kappa shape index (κ1) is 19.3. The lowest BCUT2D eigenvalue weighted by Gasteiger charge is -2.09. The number of hydrogen-bond acceptors (Lipinski definition) is 4. The summed E-state index contributed by atoms with van der Waals surface area (Å²) in [5, 5.41) is 21.4. The van der Waals surface area contributed by atoms with E-state index in [0.717, 1.165) is 5.52 Å². The van der Waals surface area contributed by atoms with Crippen LogP contribution >= 0.6 is 0 Å². The van der Waals surface area contributed by atoms with E-state index in [1.807, 2.05) is 38.1 Å². The average molecular weight is 378 g/mol. The molecule has 0 spiro atoms. The van der Waals surface area contributed by atoms with Crippen LogP contribution in [0.1, 0.15) is 24.2 Å². The van der Waals surface area contributed by atoms with E-state index in [0.29, 0.717) is 23.4 Å². The molecule has 2 N–H and O–H groups in total. The molecule has 0 atom stereocenters. The fourth-order valence-electron chi connectivity index (χ4n) is 2.91. The molecule has 144 valence electrons. The predicted octanol–water partition coefficient (Wildman–Crippen LogP) is 4.04. The highest BCUT2D eigenvalue weighted by Gasteiger charge is 2.17. The van der Waals surface area contributed by atoms with Gasteiger partial charge in [-0.1, -0.05) is 50.2 Å². The van der Waals surface area contributed by atoms with Crippen molar-refractivity contribution in [3.8, 4) is 5.88 Å². The molecule has 3 rings (SSSR count). The Morgan fingerprint density at radius 2 is 1.75 bits per heavy atom. The van der Waals surface area contributed by atoms with Gasteiger partial charge in [-0.15, -0.1) is 10.2 Å². The number of benzene rings is 2. The first-order valence-electron chi connectivity index (χ1n) is 9.05. The summed E-state index contributed by atoms with van der Waals surface area (Å²) < 4.78 is 1.76. The van der Waals surface area contributed by atoms with Gasteiger partial charge in [-0.25, -0.2) is 0 Å². The minimum atomic E-state index is -0.607. The Labute approximate surface area is 162 Å². The fourth-order valence-corrected chi connectivity index (χ4v) is 2.91. The molecule has 0 fully saturated rings. The number of nitrogens with one attached hydrogen (secondary N) is 1. The lowest BCUT2D eigenvalue weighted by molar-refractivity contribution is -0.117. The molecule has 0 bridgehead atoms. The zero-order valence-electron chi connectivity index (χ0n) is 15.8. The summed E-state index contributed by atoms with van der Waals surface area (Å²) in [6.07, 6.45) is 0. The van der Waals surface area contributed by atoms with Crippen LogP contribution < -0.4 is 5.32 Å². The number of rotatable bonds is 6. The third-order valence-electron chi connectivity index (χ3n) is 4.16. The number of amides is 2. The molecule has 0 aliphatic carbocycles. The Morgan fingerprint density at radius 3 is 2.46 bits per heavy atom. The monoisotopic (exact) mass is 378 g/mol. The van der Waals surface area contributed by atoms with Crippen LogP contribution in [0.15, 0.2) is 64.8 Å². The summed E-state index contributed by atoms with van der Waals surface area (Å²) in [7, 11) is 0. The highest BCUT2D eigenvalue weighted by Crippen LogP contribution is 2.39. The SMILES string of the molecule is CC(C)Cn1c(O)c(N=NC(=O)CNC(=O)c2ccccc2)c2ccccc21. The number of aromatic hydroxyl groups is 1. The van der Waals surface area contributed by atoms with E-state index >= 15 is 0 Å². The van der Waals surface area contributed by atoms with Gasteiger partial charge in [0.15, 0.2) is 5.69 Å². The minimum Gasteiger partial charge on any atom is -0.493 e. The molecule has 28 heavy (non-hydrogen) atoms. The fraction of sp³-hybridized carbons (Fsp3) is 0.238. The van der Waals surface area contributed by atoms with Crippen LogP contribution in [0.4, 0.5) is 5.69 Å². The molecular weight excluding hydrogens is 356 g/mol. The largest absolute Gasteiger partial charge is 0.493 e. The number of azo groups is 1. The number of fused-ring (bicyclic) bond motifs is 1. The Hall–Kier alpha value is -3.48. The second-order valence-electron chi connectivity index (χ2n) is 6.84. The maximum atomic E-state index is 12.0. The topological polar surface area (TPSA) is 96.0 Å². The number of aromatic nitrogens is 1. The average Bonchev–Trinajstić information content (AvgIpc) is 2.96. The predicted molar refractivity (Wildman–Crippen MR) is 107 cm³/mol. The lowest BCUT2D eigenvalue weighted by Crippen LogP contribution is -2.28. The Bertz CT molecular complexity index is 1020. The van der Waals surface area contributed by atoms with E-state index in [4.69, 9.17) is 0 Å². The normalized spacial score (nSPS) is 11.4. The van der Waals surface area contributed by atoms with Crippen molar-refractivity contribution < 1.29 is 14.7 Å². The molecular formula is C21H22N4O3. The second kappa shape index (κ2) is 8.47. The van der Waals surface area contributed by atoms with E-state index in [1.54, 1.807) is 34.9 Å². The first-order valence-corrected chi connectivity index (χ1v) is 9.05. The van der Waals surface area contributed by atoms with Crippen LogP contribution in [-0.4, -0.2) is 28.0 Å². The van der Waals surface area contributed by atoms with Gasteiger partial charge in [0.1, 0.15) is 6.54 Å². The molecule has 0 saturated carbocycles. The molecule has 0 aliphatic rings. The maximum absolute atomic E-state index is 12.0. The molecule has 2 aromatic carbocycles. The van der Waals surface area contributed by atoms with Crippen molar-refractivity contribution in [3.63, 3.8) is 0 Å². The van der Waals surface area contributed by atoms with E-state index in [2.05, 4.69) is 15.5 Å². The van der Waals surface area contributed by atoms with Gasteiger partial charge in [0.25, 0.3) is 11.8 Å². The van der Waals surface area contributed by atoms with Crippen molar-refractivity contribution in [2.45, 2.75) is 20.4 Å². The van der Waals surface area contributed by atoms with Crippen molar-refractivity contribution in [3.05, 3.63) is 60.2 Å². The molecule has 7 nitrogen and oxygen atoms in total. The van der Waals surface area contributed by atoms with Crippen LogP contribution in [0.25, 0.3) is 10.9 Å². The molecule has 0 saturated heterocycles. The van der Waals surface area contributed by atoms with Gasteiger partial charge in [-0.05, 0) is 24.1 Å². The van der Waals surface area contributed by atoms with Crippen molar-refractivity contribution in [1.29, 1.82) is 0 Å². The number of carbonyl (C=O) groups excluding carboxylic acids is 2. The van der Waals surface area contributed by atoms with Gasteiger partial charge in [0.2, 0.25) is 5.88 Å². The number of carbonyl (C=O) groups is 2. The Morgan fingerprint density at radius 1 is 1.07 bits per heavy atom. The number of nitrogens with zero attached hydrogens (tertiary/aromatic N) is 3. The van der Waals surface area contributed by atoms with Gasteiger partial charge in [-0.2, -0.15) is 0 Å². The number of hydrogen-bond donors (Lipinski definition) is 2. The highest BCUT2D eigenvalue weighted by atomic mass is 16.3. The molecule has 1 aromatic heterocycles.